The fourth-order valence-corrected chi connectivity index (χ4v) is 5.06. The number of thioether (sulfide) groups is 1. The van der Waals surface area contributed by atoms with Crippen LogP contribution >= 0.6 is 11.8 Å². The predicted octanol–water partition coefficient (Wildman–Crippen LogP) is 2.81. The lowest BCUT2D eigenvalue weighted by Crippen LogP contribution is -2.32. The Balaban J connectivity index is 1.62. The van der Waals surface area contributed by atoms with Crippen molar-refractivity contribution in [2.45, 2.75) is 41.4 Å². The van der Waals surface area contributed by atoms with E-state index in [9.17, 15) is 18.0 Å². The van der Waals surface area contributed by atoms with Crippen molar-refractivity contribution in [2.24, 2.45) is 0 Å². The van der Waals surface area contributed by atoms with Crippen molar-refractivity contribution in [1.29, 1.82) is 0 Å². The van der Waals surface area contributed by atoms with E-state index < -0.39 is 15.3 Å². The number of carbonyl (C=O) groups is 2. The molecule has 0 radical (unpaired) electrons. The molecule has 3 N–H and O–H groups in total. The van der Waals surface area contributed by atoms with Crippen LogP contribution in [0.4, 0.5) is 11.4 Å². The molecule has 0 unspecified atom stereocenters. The largest absolute Gasteiger partial charge is 0.326 e. The molecule has 1 atom stereocenters. The molecule has 28 heavy (non-hydrogen) atoms. The van der Waals surface area contributed by atoms with Crippen molar-refractivity contribution >= 4 is 45.0 Å². The second kappa shape index (κ2) is 8.34. The highest BCUT2D eigenvalue weighted by Gasteiger charge is 2.28. The van der Waals surface area contributed by atoms with E-state index in [1.54, 1.807) is 13.8 Å². The van der Waals surface area contributed by atoms with Gasteiger partial charge in [-0.15, -0.1) is 11.8 Å². The van der Waals surface area contributed by atoms with Gasteiger partial charge in [0, 0.05) is 23.0 Å². The fraction of sp³-hybridized carbons (Fsp3) is 0.263. The summed E-state index contributed by atoms with van der Waals surface area (Å²) in [6.07, 6.45) is 0.0137. The van der Waals surface area contributed by atoms with E-state index in [2.05, 4.69) is 15.4 Å². The van der Waals surface area contributed by atoms with Crippen LogP contribution in [0.25, 0.3) is 0 Å². The second-order valence-corrected chi connectivity index (χ2v) is 9.60. The summed E-state index contributed by atoms with van der Waals surface area (Å²) < 4.78 is 26.8. The maximum Gasteiger partial charge on any atom is 0.240 e. The van der Waals surface area contributed by atoms with Gasteiger partial charge in [0.05, 0.1) is 15.8 Å². The third kappa shape index (κ3) is 4.92. The highest BCUT2D eigenvalue weighted by Crippen LogP contribution is 2.36. The lowest BCUT2D eigenvalue weighted by Gasteiger charge is -2.23. The van der Waals surface area contributed by atoms with Crippen molar-refractivity contribution < 1.29 is 18.0 Å². The molecule has 2 aromatic rings. The Hall–Kier alpha value is -2.36. The van der Waals surface area contributed by atoms with Crippen LogP contribution in [0, 0.1) is 0 Å². The van der Waals surface area contributed by atoms with Crippen molar-refractivity contribution in [3.05, 3.63) is 48.5 Å². The number of rotatable bonds is 6. The van der Waals surface area contributed by atoms with Crippen molar-refractivity contribution in [2.75, 3.05) is 10.6 Å². The van der Waals surface area contributed by atoms with E-state index in [-0.39, 0.29) is 29.2 Å². The molecule has 0 fully saturated rings. The number of nitrogens with one attached hydrogen (secondary N) is 3. The van der Waals surface area contributed by atoms with Crippen molar-refractivity contribution in [3.8, 4) is 0 Å². The minimum atomic E-state index is -3.58. The molecule has 7 nitrogen and oxygen atoms in total. The number of hydrogen-bond acceptors (Lipinski definition) is 5. The van der Waals surface area contributed by atoms with Crippen LogP contribution in [-0.2, 0) is 19.6 Å². The monoisotopic (exact) mass is 419 g/mol. The average molecular weight is 420 g/mol. The molecular weight excluding hydrogens is 398 g/mol. The number of hydrogen-bond donors (Lipinski definition) is 3. The normalized spacial score (nSPS) is 16.4. The van der Waals surface area contributed by atoms with Gasteiger partial charge in [-0.2, -0.15) is 0 Å². The zero-order valence-corrected chi connectivity index (χ0v) is 17.1. The summed E-state index contributed by atoms with van der Waals surface area (Å²) in [4.78, 5) is 25.6. The van der Waals surface area contributed by atoms with E-state index in [1.165, 1.54) is 36.0 Å². The summed E-state index contributed by atoms with van der Waals surface area (Å²) in [6, 6.07) is 13.1. The maximum atomic E-state index is 12.3. The molecule has 9 heteroatoms. The first-order valence-corrected chi connectivity index (χ1v) is 11.1. The van der Waals surface area contributed by atoms with Crippen LogP contribution in [0.3, 0.4) is 0 Å². The van der Waals surface area contributed by atoms with Gasteiger partial charge in [-0.25, -0.2) is 13.1 Å². The zero-order chi connectivity index (χ0) is 20.3. The Morgan fingerprint density at radius 1 is 1.14 bits per heavy atom. The molecule has 3 rings (SSSR count). The second-order valence-electron chi connectivity index (χ2n) is 6.64. The third-order valence-electron chi connectivity index (χ3n) is 3.92. The van der Waals surface area contributed by atoms with E-state index in [0.29, 0.717) is 5.69 Å². The summed E-state index contributed by atoms with van der Waals surface area (Å²) >= 11 is 1.35. The average Bonchev–Trinajstić information content (AvgIpc) is 2.61. The Morgan fingerprint density at radius 3 is 2.50 bits per heavy atom. The van der Waals surface area contributed by atoms with Crippen LogP contribution < -0.4 is 15.4 Å². The molecule has 1 aliphatic heterocycles. The smallest absolute Gasteiger partial charge is 0.240 e. The van der Waals surface area contributed by atoms with Crippen LogP contribution in [0.2, 0.25) is 0 Å². The molecule has 0 aliphatic carbocycles. The van der Waals surface area contributed by atoms with Crippen LogP contribution in [0.15, 0.2) is 58.3 Å². The fourth-order valence-electron chi connectivity index (χ4n) is 2.70. The summed E-state index contributed by atoms with van der Waals surface area (Å²) in [5.74, 6) is -0.525. The van der Waals surface area contributed by atoms with E-state index in [4.69, 9.17) is 0 Å². The molecule has 1 heterocycles. The number of anilines is 2. The van der Waals surface area contributed by atoms with E-state index in [1.807, 2.05) is 24.3 Å². The van der Waals surface area contributed by atoms with Gasteiger partial charge in [-0.05, 0) is 50.2 Å². The number of para-hydroxylation sites is 1. The molecular formula is C19H21N3O4S2. The summed E-state index contributed by atoms with van der Waals surface area (Å²) in [5.41, 5.74) is 1.22. The molecule has 0 spiro atoms. The zero-order valence-electron chi connectivity index (χ0n) is 15.4. The molecule has 0 aromatic heterocycles. The van der Waals surface area contributed by atoms with Gasteiger partial charge in [0.2, 0.25) is 21.8 Å². The molecule has 2 amide bonds. The van der Waals surface area contributed by atoms with Crippen molar-refractivity contribution in [3.63, 3.8) is 0 Å². The first kappa shape index (κ1) is 20.4. The van der Waals surface area contributed by atoms with Gasteiger partial charge in [0.15, 0.2) is 0 Å². The highest BCUT2D eigenvalue weighted by atomic mass is 32.2. The molecule has 0 bridgehead atoms. The predicted molar refractivity (Wildman–Crippen MR) is 110 cm³/mol. The van der Waals surface area contributed by atoms with Gasteiger partial charge in [0.1, 0.15) is 0 Å². The van der Waals surface area contributed by atoms with Gasteiger partial charge < -0.3 is 10.6 Å². The molecule has 0 saturated heterocycles. The SMILES string of the molecule is CC(C)NS(=O)(=O)c1ccc(NC(=O)C[C@H]2Sc3ccccc3NC2=O)cc1. The van der Waals surface area contributed by atoms with Crippen LogP contribution in [-0.4, -0.2) is 31.5 Å². The quantitative estimate of drug-likeness (QED) is 0.668. The Bertz CT molecular complexity index is 988. The highest BCUT2D eigenvalue weighted by molar-refractivity contribution is 8.01. The van der Waals surface area contributed by atoms with Crippen molar-refractivity contribution in [1.82, 2.24) is 4.72 Å². The number of amides is 2. The maximum absolute atomic E-state index is 12.3. The number of fused-ring (bicyclic) bond motifs is 1. The third-order valence-corrected chi connectivity index (χ3v) is 6.87. The summed E-state index contributed by atoms with van der Waals surface area (Å²) in [5, 5.41) is 4.99. The molecule has 148 valence electrons. The molecule has 0 saturated carbocycles. The van der Waals surface area contributed by atoms with E-state index >= 15 is 0 Å². The van der Waals surface area contributed by atoms with Gasteiger partial charge in [-0.1, -0.05) is 12.1 Å². The number of carbonyl (C=O) groups excluding carboxylic acids is 2. The van der Waals surface area contributed by atoms with Gasteiger partial charge >= 0.3 is 0 Å². The summed E-state index contributed by atoms with van der Waals surface area (Å²) in [7, 11) is -3.58. The lowest BCUT2D eigenvalue weighted by atomic mass is 10.2. The lowest BCUT2D eigenvalue weighted by molar-refractivity contribution is -0.120. The minimum Gasteiger partial charge on any atom is -0.326 e. The van der Waals surface area contributed by atoms with Gasteiger partial charge in [-0.3, -0.25) is 9.59 Å². The molecule has 1 aliphatic rings. The standard InChI is InChI=1S/C19H21N3O4S2/c1-12(2)22-28(25,26)14-9-7-13(8-10-14)20-18(23)11-17-19(24)21-15-5-3-4-6-16(15)27-17/h3-10,12,17,22H,11H2,1-2H3,(H,20,23)(H,21,24)/t17-/m1/s1. The minimum absolute atomic E-state index is 0.0137. The van der Waals surface area contributed by atoms with Gasteiger partial charge in [0.25, 0.3) is 0 Å². The topological polar surface area (TPSA) is 104 Å². The number of benzene rings is 2. The first-order valence-electron chi connectivity index (χ1n) is 8.73. The van der Waals surface area contributed by atoms with E-state index in [0.717, 1.165) is 10.6 Å². The molecule has 2 aromatic carbocycles. The van der Waals surface area contributed by atoms with Crippen LogP contribution in [0.1, 0.15) is 20.3 Å². The Kier molecular flexibility index (Phi) is 6.07. The summed E-state index contributed by atoms with van der Waals surface area (Å²) in [6.45, 7) is 3.48. The van der Waals surface area contributed by atoms with Crippen LogP contribution in [0.5, 0.6) is 0 Å². The Morgan fingerprint density at radius 2 is 1.82 bits per heavy atom. The Labute approximate surface area is 168 Å². The number of sulfonamides is 1. The first-order chi connectivity index (χ1) is 13.2.